The fourth-order valence-corrected chi connectivity index (χ4v) is 7.36. The van der Waals surface area contributed by atoms with Crippen LogP contribution in [0.15, 0.2) is 186 Å². The summed E-state index contributed by atoms with van der Waals surface area (Å²) in [5.41, 5.74) is 12.5. The van der Waals surface area contributed by atoms with Crippen molar-refractivity contribution in [3.63, 3.8) is 0 Å². The molecule has 0 atom stereocenters. The summed E-state index contributed by atoms with van der Waals surface area (Å²) in [7, 11) is 0. The summed E-state index contributed by atoms with van der Waals surface area (Å²) in [5.74, 6) is 0.706. The van der Waals surface area contributed by atoms with Crippen molar-refractivity contribution in [2.24, 2.45) is 0 Å². The van der Waals surface area contributed by atoms with Crippen molar-refractivity contribution >= 4 is 49.9 Å². The van der Waals surface area contributed by atoms with Gasteiger partial charge in [-0.05, 0) is 88.7 Å². The van der Waals surface area contributed by atoms with Crippen LogP contribution in [0.4, 0.5) is 0 Å². The smallest absolute Gasteiger partial charge is 0.160 e. The van der Waals surface area contributed by atoms with Gasteiger partial charge in [0.15, 0.2) is 5.82 Å². The van der Waals surface area contributed by atoms with Crippen LogP contribution in [-0.2, 0) is 0 Å². The molecule has 2 aromatic heterocycles. The molecule has 0 amide bonds. The van der Waals surface area contributed by atoms with Gasteiger partial charge in [0, 0.05) is 33.0 Å². The Labute approximate surface area is 326 Å². The second-order valence-electron chi connectivity index (χ2n) is 13.9. The van der Waals surface area contributed by atoms with E-state index in [0.29, 0.717) is 11.4 Å². The molecule has 0 spiro atoms. The van der Waals surface area contributed by atoms with Gasteiger partial charge >= 0.3 is 0 Å². The number of hydrogen-bond donors (Lipinski definition) is 0. The second kappa shape index (κ2) is 15.2. The minimum atomic E-state index is 0.595. The number of rotatable bonds is 8. The van der Waals surface area contributed by atoms with Gasteiger partial charge in [-0.15, -0.1) is 0 Å². The zero-order valence-corrected chi connectivity index (χ0v) is 31.0. The summed E-state index contributed by atoms with van der Waals surface area (Å²) in [5, 5.41) is 14.3. The van der Waals surface area contributed by atoms with Gasteiger partial charge < -0.3 is 4.42 Å². The van der Waals surface area contributed by atoms with E-state index in [1.54, 1.807) is 0 Å². The zero-order valence-electron chi connectivity index (χ0n) is 31.0. The van der Waals surface area contributed by atoms with Crippen molar-refractivity contribution < 1.29 is 4.42 Å². The van der Waals surface area contributed by atoms with Crippen molar-refractivity contribution in [1.82, 2.24) is 9.97 Å². The van der Waals surface area contributed by atoms with Gasteiger partial charge in [-0.2, -0.15) is 5.26 Å². The van der Waals surface area contributed by atoms with Gasteiger partial charge in [0.1, 0.15) is 11.2 Å². The normalized spacial score (nSPS) is 13.5. The highest BCUT2D eigenvalue weighted by molar-refractivity contribution is 6.07. The van der Waals surface area contributed by atoms with Gasteiger partial charge in [-0.25, -0.2) is 9.97 Å². The molecule has 9 rings (SSSR count). The molecular weight excluding hydrogens is 683 g/mol. The van der Waals surface area contributed by atoms with Gasteiger partial charge in [0.05, 0.1) is 17.5 Å². The standard InChI is InChI=1S/C52H37N3O/c1-2-35(34-53)30-42(29-24-40-16-11-18-47-46-17-9-10-19-50(46)56-51(40)47)44-28-23-37-22-27-43(31-45(37)32-44)36-20-25-41(26-21-36)52-54-48(38-12-5-3-6-13-38)33-49(55-52)39-14-7-4-8-15-39/h2-3,5-7,9-33H,4,8H2,1H3/b29-24+,35-2+,42-30+. The molecule has 2 heterocycles. The highest BCUT2D eigenvalue weighted by atomic mass is 16.3. The van der Waals surface area contributed by atoms with Crippen LogP contribution in [0.3, 0.4) is 0 Å². The molecule has 8 aromatic rings. The monoisotopic (exact) mass is 719 g/mol. The third-order valence-corrected chi connectivity index (χ3v) is 10.4. The van der Waals surface area contributed by atoms with E-state index in [1.807, 2.05) is 55.5 Å². The first-order valence-electron chi connectivity index (χ1n) is 19.0. The topological polar surface area (TPSA) is 62.7 Å². The molecule has 0 bridgehead atoms. The quantitative estimate of drug-likeness (QED) is 0.116. The maximum absolute atomic E-state index is 9.88. The lowest BCUT2D eigenvalue weighted by Gasteiger charge is -2.12. The highest BCUT2D eigenvalue weighted by Gasteiger charge is 2.13. The van der Waals surface area contributed by atoms with Crippen LogP contribution in [0.1, 0.15) is 36.6 Å². The molecule has 0 saturated heterocycles. The van der Waals surface area contributed by atoms with Crippen LogP contribution >= 0.6 is 0 Å². The van der Waals surface area contributed by atoms with Crippen molar-refractivity contribution in [1.29, 1.82) is 5.26 Å². The summed E-state index contributed by atoms with van der Waals surface area (Å²) in [6.07, 6.45) is 16.6. The van der Waals surface area contributed by atoms with Crippen LogP contribution in [0.5, 0.6) is 0 Å². The van der Waals surface area contributed by atoms with E-state index >= 15 is 0 Å². The van der Waals surface area contributed by atoms with E-state index in [-0.39, 0.29) is 0 Å². The SMILES string of the molecule is C\C=C(C#N)/C=C(\C=C\c1cccc2c1oc1ccccc12)c1ccc2ccc(-c3ccc(-c4nc(C5=CCCC=C5)cc(-c5ccccc5)n4)cc3)cc2c1. The summed E-state index contributed by atoms with van der Waals surface area (Å²) < 4.78 is 6.30. The number of nitrogens with zero attached hydrogens (tertiary/aromatic N) is 3. The van der Waals surface area contributed by atoms with Gasteiger partial charge in [-0.3, -0.25) is 0 Å². The lowest BCUT2D eigenvalue weighted by atomic mass is 9.95. The maximum atomic E-state index is 9.88. The Bertz CT molecular complexity index is 2970. The van der Waals surface area contributed by atoms with Crippen molar-refractivity contribution in [2.45, 2.75) is 19.8 Å². The number of furan rings is 1. The predicted octanol–water partition coefficient (Wildman–Crippen LogP) is 13.8. The van der Waals surface area contributed by atoms with Gasteiger partial charge in [-0.1, -0.05) is 152 Å². The Balaban J connectivity index is 1.05. The summed E-state index contributed by atoms with van der Waals surface area (Å²) in [6.45, 7) is 1.89. The number of nitriles is 1. The van der Waals surface area contributed by atoms with Crippen LogP contribution in [0.2, 0.25) is 0 Å². The number of allylic oxidation sites excluding steroid dienone is 9. The van der Waals surface area contributed by atoms with Gasteiger partial charge in [0.2, 0.25) is 0 Å². The fraction of sp³-hybridized carbons (Fsp3) is 0.0577. The second-order valence-corrected chi connectivity index (χ2v) is 13.9. The first kappa shape index (κ1) is 34.4. The number of aromatic nitrogens is 2. The highest BCUT2D eigenvalue weighted by Crippen LogP contribution is 2.34. The Morgan fingerprint density at radius 2 is 1.45 bits per heavy atom. The van der Waals surface area contributed by atoms with E-state index in [1.165, 1.54) is 0 Å². The maximum Gasteiger partial charge on any atom is 0.160 e. The van der Waals surface area contributed by atoms with Crippen LogP contribution in [-0.4, -0.2) is 9.97 Å². The van der Waals surface area contributed by atoms with Crippen LogP contribution in [0.25, 0.3) is 83.7 Å². The first-order valence-corrected chi connectivity index (χ1v) is 19.0. The molecule has 0 saturated carbocycles. The van der Waals surface area contributed by atoms with E-state index in [2.05, 4.69) is 140 Å². The number of hydrogen-bond acceptors (Lipinski definition) is 4. The first-order chi connectivity index (χ1) is 27.6. The summed E-state index contributed by atoms with van der Waals surface area (Å²) >= 11 is 0. The van der Waals surface area contributed by atoms with Crippen molar-refractivity contribution in [3.05, 3.63) is 198 Å². The van der Waals surface area contributed by atoms with E-state index in [0.717, 1.165) is 101 Å². The minimum Gasteiger partial charge on any atom is -0.455 e. The molecule has 0 unspecified atom stereocenters. The largest absolute Gasteiger partial charge is 0.455 e. The molecule has 6 aromatic carbocycles. The average Bonchev–Trinajstić information content (AvgIpc) is 3.66. The van der Waals surface area contributed by atoms with Crippen molar-refractivity contribution in [2.75, 3.05) is 0 Å². The Morgan fingerprint density at radius 3 is 2.27 bits per heavy atom. The number of benzene rings is 6. The molecule has 266 valence electrons. The molecule has 0 N–H and O–H groups in total. The third kappa shape index (κ3) is 6.91. The minimum absolute atomic E-state index is 0.595. The molecular formula is C52H37N3O. The Kier molecular flexibility index (Phi) is 9.33. The van der Waals surface area contributed by atoms with Crippen LogP contribution in [0, 0.1) is 11.3 Å². The molecule has 1 aliphatic carbocycles. The van der Waals surface area contributed by atoms with E-state index in [4.69, 9.17) is 14.4 Å². The number of para-hydroxylation sites is 2. The predicted molar refractivity (Wildman–Crippen MR) is 232 cm³/mol. The Hall–Kier alpha value is -7.35. The number of fused-ring (bicyclic) bond motifs is 4. The molecule has 0 radical (unpaired) electrons. The van der Waals surface area contributed by atoms with E-state index in [9.17, 15) is 5.26 Å². The molecule has 4 nitrogen and oxygen atoms in total. The Morgan fingerprint density at radius 1 is 0.679 bits per heavy atom. The summed E-state index contributed by atoms with van der Waals surface area (Å²) in [4.78, 5) is 10.1. The zero-order chi connectivity index (χ0) is 37.8. The lowest BCUT2D eigenvalue weighted by Crippen LogP contribution is -1.98. The molecule has 1 aliphatic rings. The van der Waals surface area contributed by atoms with Crippen LogP contribution < -0.4 is 0 Å². The van der Waals surface area contributed by atoms with Gasteiger partial charge in [0.25, 0.3) is 0 Å². The molecule has 0 fully saturated rings. The third-order valence-electron chi connectivity index (χ3n) is 10.4. The van der Waals surface area contributed by atoms with Crippen molar-refractivity contribution in [3.8, 4) is 39.8 Å². The summed E-state index contributed by atoms with van der Waals surface area (Å²) in [6, 6.07) is 50.6. The molecule has 0 aliphatic heterocycles. The average molecular weight is 720 g/mol. The molecule has 56 heavy (non-hydrogen) atoms. The van der Waals surface area contributed by atoms with E-state index < -0.39 is 0 Å². The fourth-order valence-electron chi connectivity index (χ4n) is 7.36. The molecule has 4 heteroatoms. The lowest BCUT2D eigenvalue weighted by molar-refractivity contribution is 0.668.